The first-order valence-electron chi connectivity index (χ1n) is 8.75. The predicted octanol–water partition coefficient (Wildman–Crippen LogP) is 3.86. The molecule has 1 aromatic carbocycles. The van der Waals surface area contributed by atoms with E-state index in [1.54, 1.807) is 0 Å². The van der Waals surface area contributed by atoms with E-state index in [9.17, 15) is 24.4 Å². The van der Waals surface area contributed by atoms with E-state index in [-0.39, 0.29) is 30.3 Å². The second-order valence-corrected chi connectivity index (χ2v) is 7.90. The molecule has 2 atom stereocenters. The van der Waals surface area contributed by atoms with Crippen molar-refractivity contribution in [1.29, 1.82) is 0 Å². The summed E-state index contributed by atoms with van der Waals surface area (Å²) >= 11 is 0. The lowest BCUT2D eigenvalue weighted by molar-refractivity contribution is -0.386. The van der Waals surface area contributed by atoms with Gasteiger partial charge in [0.2, 0.25) is 5.91 Å². The molecule has 0 spiro atoms. The fraction of sp³-hybridized carbons (Fsp3) is 0.588. The molecule has 9 nitrogen and oxygen atoms in total. The number of carbonyl (C=O) groups excluding carboxylic acids is 1. The van der Waals surface area contributed by atoms with Gasteiger partial charge < -0.3 is 10.2 Å². The van der Waals surface area contributed by atoms with E-state index in [0.717, 1.165) is 6.42 Å². The van der Waals surface area contributed by atoms with Gasteiger partial charge in [-0.3, -0.25) is 24.0 Å². The SMILES string of the molecule is CCOP(=O)(O)OC(C)c1cc(CNC(=O)CCC(C)C)ccc1[N+](=O)[O-]. The number of benzene rings is 1. The second kappa shape index (κ2) is 10.5. The van der Waals surface area contributed by atoms with Gasteiger partial charge in [-0.05, 0) is 37.8 Å². The Kier molecular flexibility index (Phi) is 9.05. The Morgan fingerprint density at radius 1 is 1.37 bits per heavy atom. The smallest absolute Gasteiger partial charge is 0.352 e. The Balaban J connectivity index is 2.92. The summed E-state index contributed by atoms with van der Waals surface area (Å²) in [4.78, 5) is 32.1. The Morgan fingerprint density at radius 2 is 2.04 bits per heavy atom. The second-order valence-electron chi connectivity index (χ2n) is 6.49. The van der Waals surface area contributed by atoms with E-state index in [1.807, 2.05) is 13.8 Å². The third kappa shape index (κ3) is 8.17. The number of nitrogens with zero attached hydrogens (tertiary/aromatic N) is 1. The standard InChI is InChI=1S/C17H27N2O7P/c1-5-25-27(23,24)26-13(4)15-10-14(7-8-16(15)19(21)22)11-18-17(20)9-6-12(2)3/h7-8,10,12-13H,5-6,9,11H2,1-4H3,(H,18,20)(H,23,24). The average Bonchev–Trinajstić information content (AvgIpc) is 2.57. The first kappa shape index (κ1) is 23.2. The maximum Gasteiger partial charge on any atom is 0.472 e. The van der Waals surface area contributed by atoms with Gasteiger partial charge >= 0.3 is 7.82 Å². The van der Waals surface area contributed by atoms with Gasteiger partial charge in [0.15, 0.2) is 0 Å². The van der Waals surface area contributed by atoms with Gasteiger partial charge in [0, 0.05) is 19.0 Å². The van der Waals surface area contributed by atoms with Crippen LogP contribution in [0.3, 0.4) is 0 Å². The van der Waals surface area contributed by atoms with Crippen LogP contribution < -0.4 is 5.32 Å². The van der Waals surface area contributed by atoms with Crippen molar-refractivity contribution >= 4 is 19.4 Å². The molecule has 10 heteroatoms. The topological polar surface area (TPSA) is 128 Å². The molecule has 0 fully saturated rings. The molecule has 0 bridgehead atoms. The highest BCUT2D eigenvalue weighted by Crippen LogP contribution is 2.48. The van der Waals surface area contributed by atoms with Crippen LogP contribution in [0.2, 0.25) is 0 Å². The van der Waals surface area contributed by atoms with Crippen LogP contribution in [0.15, 0.2) is 18.2 Å². The summed E-state index contributed by atoms with van der Waals surface area (Å²) in [5, 5.41) is 14.0. The van der Waals surface area contributed by atoms with Gasteiger partial charge in [-0.15, -0.1) is 0 Å². The van der Waals surface area contributed by atoms with Crippen LogP contribution in [-0.4, -0.2) is 22.3 Å². The van der Waals surface area contributed by atoms with Gasteiger partial charge in [0.1, 0.15) is 0 Å². The summed E-state index contributed by atoms with van der Waals surface area (Å²) in [6, 6.07) is 4.30. The molecule has 2 unspecified atom stereocenters. The lowest BCUT2D eigenvalue weighted by atomic mass is 10.0. The van der Waals surface area contributed by atoms with Gasteiger partial charge in [-0.25, -0.2) is 4.57 Å². The number of nitro benzene ring substituents is 1. The van der Waals surface area contributed by atoms with Crippen LogP contribution in [0.4, 0.5) is 5.69 Å². The zero-order valence-electron chi connectivity index (χ0n) is 16.0. The molecule has 1 rings (SSSR count). The van der Waals surface area contributed by atoms with Crippen molar-refractivity contribution in [1.82, 2.24) is 5.32 Å². The summed E-state index contributed by atoms with van der Waals surface area (Å²) in [5.41, 5.74) is 0.505. The number of amides is 1. The summed E-state index contributed by atoms with van der Waals surface area (Å²) in [7, 11) is -4.32. The van der Waals surface area contributed by atoms with Crippen molar-refractivity contribution in [3.8, 4) is 0 Å². The molecule has 0 aliphatic carbocycles. The Bertz CT molecular complexity index is 709. The van der Waals surface area contributed by atoms with E-state index in [1.165, 1.54) is 32.0 Å². The summed E-state index contributed by atoms with van der Waals surface area (Å²) in [5.74, 6) is 0.309. The highest BCUT2D eigenvalue weighted by atomic mass is 31.2. The number of carbonyl (C=O) groups is 1. The predicted molar refractivity (Wildman–Crippen MR) is 100.0 cm³/mol. The molecule has 0 saturated heterocycles. The number of hydrogen-bond acceptors (Lipinski definition) is 6. The minimum atomic E-state index is -4.32. The van der Waals surface area contributed by atoms with Crippen LogP contribution in [-0.2, 0) is 25.0 Å². The number of phosphoric acid groups is 1. The molecule has 27 heavy (non-hydrogen) atoms. The quantitative estimate of drug-likeness (QED) is 0.327. The van der Waals surface area contributed by atoms with E-state index in [2.05, 4.69) is 9.84 Å². The molecule has 0 aliphatic heterocycles. The van der Waals surface area contributed by atoms with E-state index in [0.29, 0.717) is 17.9 Å². The lowest BCUT2D eigenvalue weighted by Gasteiger charge is -2.18. The van der Waals surface area contributed by atoms with Crippen molar-refractivity contribution < 1.29 is 28.2 Å². The Morgan fingerprint density at radius 3 is 2.59 bits per heavy atom. The molecule has 0 radical (unpaired) electrons. The molecular weight excluding hydrogens is 375 g/mol. The fourth-order valence-electron chi connectivity index (χ4n) is 2.36. The highest BCUT2D eigenvalue weighted by Gasteiger charge is 2.28. The van der Waals surface area contributed by atoms with E-state index < -0.39 is 18.8 Å². The van der Waals surface area contributed by atoms with Crippen molar-refractivity contribution in [2.45, 2.75) is 53.2 Å². The van der Waals surface area contributed by atoms with Gasteiger partial charge in [-0.2, -0.15) is 0 Å². The zero-order chi connectivity index (χ0) is 20.6. The van der Waals surface area contributed by atoms with Gasteiger partial charge in [0.05, 0.1) is 23.2 Å². The molecule has 2 N–H and O–H groups in total. The van der Waals surface area contributed by atoms with E-state index in [4.69, 9.17) is 4.52 Å². The number of hydrogen-bond donors (Lipinski definition) is 2. The number of nitro groups is 1. The van der Waals surface area contributed by atoms with Crippen molar-refractivity contribution in [2.24, 2.45) is 5.92 Å². The number of nitrogens with one attached hydrogen (secondary N) is 1. The van der Waals surface area contributed by atoms with Gasteiger partial charge in [-0.1, -0.05) is 19.9 Å². The van der Waals surface area contributed by atoms with Crippen LogP contribution >= 0.6 is 7.82 Å². The maximum absolute atomic E-state index is 11.8. The summed E-state index contributed by atoms with van der Waals surface area (Å²) in [6.07, 6.45) is 0.120. The monoisotopic (exact) mass is 402 g/mol. The van der Waals surface area contributed by atoms with Crippen molar-refractivity contribution in [2.75, 3.05) is 6.61 Å². The molecule has 0 aromatic heterocycles. The Hall–Kier alpha value is -1.80. The van der Waals surface area contributed by atoms with Crippen molar-refractivity contribution in [3.05, 3.63) is 39.4 Å². The zero-order valence-corrected chi connectivity index (χ0v) is 16.9. The first-order valence-corrected chi connectivity index (χ1v) is 10.2. The van der Waals surface area contributed by atoms with Crippen LogP contribution in [0.1, 0.15) is 57.8 Å². The third-order valence-electron chi connectivity index (χ3n) is 3.75. The molecule has 0 heterocycles. The first-order chi connectivity index (χ1) is 12.6. The molecule has 1 amide bonds. The normalized spacial score (nSPS) is 14.6. The molecule has 0 aliphatic rings. The molecular formula is C17H27N2O7P. The van der Waals surface area contributed by atoms with Crippen LogP contribution in [0.5, 0.6) is 0 Å². The number of phosphoric ester groups is 1. The molecule has 0 saturated carbocycles. The van der Waals surface area contributed by atoms with Crippen LogP contribution in [0, 0.1) is 16.0 Å². The van der Waals surface area contributed by atoms with Gasteiger partial charge in [0.25, 0.3) is 5.69 Å². The maximum atomic E-state index is 11.8. The number of rotatable bonds is 11. The fourth-order valence-corrected chi connectivity index (χ4v) is 3.27. The summed E-state index contributed by atoms with van der Waals surface area (Å²) < 4.78 is 21.4. The highest BCUT2D eigenvalue weighted by molar-refractivity contribution is 7.47. The van der Waals surface area contributed by atoms with Crippen molar-refractivity contribution in [3.63, 3.8) is 0 Å². The third-order valence-corrected chi connectivity index (χ3v) is 4.92. The Labute approximate surface area is 158 Å². The van der Waals surface area contributed by atoms with E-state index >= 15 is 0 Å². The minimum absolute atomic E-state index is 0.0367. The van der Waals surface area contributed by atoms with Crippen LogP contribution in [0.25, 0.3) is 0 Å². The lowest BCUT2D eigenvalue weighted by Crippen LogP contribution is -2.23. The molecule has 1 aromatic rings. The largest absolute Gasteiger partial charge is 0.472 e. The summed E-state index contributed by atoms with van der Waals surface area (Å²) in [6.45, 7) is 7.16. The minimum Gasteiger partial charge on any atom is -0.352 e. The average molecular weight is 402 g/mol. The molecule has 152 valence electrons.